The summed E-state index contributed by atoms with van der Waals surface area (Å²) in [4.78, 5) is 0. The first-order chi connectivity index (χ1) is 7.27. The zero-order valence-corrected chi connectivity index (χ0v) is 9.70. The Morgan fingerprint density at radius 1 is 1.00 bits per heavy atom. The third-order valence-electron chi connectivity index (χ3n) is 2.20. The van der Waals surface area contributed by atoms with Crippen LogP contribution >= 0.6 is 0 Å². The molecule has 0 fully saturated rings. The fourth-order valence-electron chi connectivity index (χ4n) is 1.37. The Kier molecular flexibility index (Phi) is 4.62. The van der Waals surface area contributed by atoms with Gasteiger partial charge in [0.1, 0.15) is 0 Å². The molecule has 0 amide bonds. The number of allylic oxidation sites excluding steroid dienone is 6. The SMILES string of the molecule is C\C=C/C=C(\C=C/C)c1ccc(C)cc1. The Hall–Kier alpha value is -1.56. The monoisotopic (exact) mass is 198 g/mol. The van der Waals surface area contributed by atoms with Gasteiger partial charge in [0.25, 0.3) is 0 Å². The Bertz CT molecular complexity index is 375. The second-order valence-corrected chi connectivity index (χ2v) is 3.51. The normalized spacial score (nSPS) is 12.9. The molecule has 0 saturated heterocycles. The maximum Gasteiger partial charge on any atom is -0.0184 e. The van der Waals surface area contributed by atoms with Crippen LogP contribution in [0.25, 0.3) is 5.57 Å². The fourth-order valence-corrected chi connectivity index (χ4v) is 1.37. The number of benzene rings is 1. The zero-order valence-electron chi connectivity index (χ0n) is 9.70. The van der Waals surface area contributed by atoms with Crippen LogP contribution in [0.2, 0.25) is 0 Å². The minimum absolute atomic E-state index is 1.25. The predicted octanol–water partition coefficient (Wildman–Crippen LogP) is 4.53. The van der Waals surface area contributed by atoms with E-state index in [1.165, 1.54) is 16.7 Å². The van der Waals surface area contributed by atoms with Crippen LogP contribution in [0.1, 0.15) is 25.0 Å². The lowest BCUT2D eigenvalue weighted by Gasteiger charge is -2.02. The van der Waals surface area contributed by atoms with E-state index in [0.29, 0.717) is 0 Å². The van der Waals surface area contributed by atoms with Crippen molar-refractivity contribution in [2.75, 3.05) is 0 Å². The highest BCUT2D eigenvalue weighted by atomic mass is 14.0. The molecule has 1 aromatic rings. The van der Waals surface area contributed by atoms with Crippen LogP contribution in [-0.4, -0.2) is 0 Å². The molecule has 0 nitrogen and oxygen atoms in total. The second-order valence-electron chi connectivity index (χ2n) is 3.51. The van der Waals surface area contributed by atoms with Crippen molar-refractivity contribution in [1.29, 1.82) is 0 Å². The molecule has 0 heteroatoms. The minimum Gasteiger partial charge on any atom is -0.0876 e. The van der Waals surface area contributed by atoms with Gasteiger partial charge in [0.05, 0.1) is 0 Å². The number of hydrogen-bond acceptors (Lipinski definition) is 0. The minimum atomic E-state index is 1.25. The molecular weight excluding hydrogens is 180 g/mol. The lowest BCUT2D eigenvalue weighted by Crippen LogP contribution is -1.81. The molecule has 0 spiro atoms. The van der Waals surface area contributed by atoms with Crippen molar-refractivity contribution in [3.05, 3.63) is 65.8 Å². The Labute approximate surface area is 92.6 Å². The largest absolute Gasteiger partial charge is 0.0876 e. The van der Waals surface area contributed by atoms with Crippen molar-refractivity contribution in [2.24, 2.45) is 0 Å². The smallest absolute Gasteiger partial charge is 0.0184 e. The summed E-state index contributed by atoms with van der Waals surface area (Å²) >= 11 is 0. The third kappa shape index (κ3) is 3.59. The summed E-state index contributed by atoms with van der Waals surface area (Å²) in [6.45, 7) is 6.17. The molecule has 0 heterocycles. The molecule has 0 N–H and O–H groups in total. The Morgan fingerprint density at radius 2 is 1.67 bits per heavy atom. The number of rotatable bonds is 3. The summed E-state index contributed by atoms with van der Waals surface area (Å²) in [6, 6.07) is 8.60. The highest BCUT2D eigenvalue weighted by Crippen LogP contribution is 2.16. The lowest BCUT2D eigenvalue weighted by atomic mass is 10.0. The Morgan fingerprint density at radius 3 is 2.20 bits per heavy atom. The van der Waals surface area contributed by atoms with Crippen LogP contribution in [0, 0.1) is 6.92 Å². The van der Waals surface area contributed by atoms with E-state index in [4.69, 9.17) is 0 Å². The zero-order chi connectivity index (χ0) is 11.1. The van der Waals surface area contributed by atoms with Crippen molar-refractivity contribution in [3.63, 3.8) is 0 Å². The topological polar surface area (TPSA) is 0 Å². The summed E-state index contributed by atoms with van der Waals surface area (Å²) < 4.78 is 0. The summed E-state index contributed by atoms with van der Waals surface area (Å²) in [5.41, 5.74) is 3.80. The molecule has 0 saturated carbocycles. The van der Waals surface area contributed by atoms with Crippen molar-refractivity contribution in [1.82, 2.24) is 0 Å². The molecular formula is C15H18. The maximum atomic E-state index is 2.16. The summed E-state index contributed by atoms with van der Waals surface area (Å²) in [5, 5.41) is 0. The summed E-state index contributed by atoms with van der Waals surface area (Å²) in [7, 11) is 0. The summed E-state index contributed by atoms with van der Waals surface area (Å²) in [5.74, 6) is 0. The molecule has 0 unspecified atom stereocenters. The molecule has 15 heavy (non-hydrogen) atoms. The first-order valence-corrected chi connectivity index (χ1v) is 5.30. The van der Waals surface area contributed by atoms with Crippen LogP contribution in [0.5, 0.6) is 0 Å². The van der Waals surface area contributed by atoms with Crippen LogP contribution < -0.4 is 0 Å². The Balaban J connectivity index is 3.04. The number of aryl methyl sites for hydroxylation is 1. The van der Waals surface area contributed by atoms with E-state index in [2.05, 4.69) is 55.5 Å². The van der Waals surface area contributed by atoms with Crippen LogP contribution in [-0.2, 0) is 0 Å². The number of hydrogen-bond donors (Lipinski definition) is 0. The van der Waals surface area contributed by atoms with Gasteiger partial charge in [-0.25, -0.2) is 0 Å². The first kappa shape index (κ1) is 11.5. The second kappa shape index (κ2) is 6.02. The van der Waals surface area contributed by atoms with E-state index in [-0.39, 0.29) is 0 Å². The molecule has 1 rings (SSSR count). The van der Waals surface area contributed by atoms with Crippen molar-refractivity contribution < 1.29 is 0 Å². The molecule has 0 aliphatic heterocycles. The average Bonchev–Trinajstić information content (AvgIpc) is 2.25. The van der Waals surface area contributed by atoms with Crippen molar-refractivity contribution in [2.45, 2.75) is 20.8 Å². The fraction of sp³-hybridized carbons (Fsp3) is 0.200. The molecule has 78 valence electrons. The highest BCUT2D eigenvalue weighted by Gasteiger charge is 1.95. The van der Waals surface area contributed by atoms with Crippen molar-refractivity contribution >= 4 is 5.57 Å². The van der Waals surface area contributed by atoms with E-state index < -0.39 is 0 Å². The van der Waals surface area contributed by atoms with E-state index in [1.807, 2.05) is 19.9 Å². The van der Waals surface area contributed by atoms with Gasteiger partial charge in [0.15, 0.2) is 0 Å². The quantitative estimate of drug-likeness (QED) is 0.626. The highest BCUT2D eigenvalue weighted by molar-refractivity contribution is 5.75. The van der Waals surface area contributed by atoms with Gasteiger partial charge in [-0.3, -0.25) is 0 Å². The molecule has 0 aliphatic rings. The van der Waals surface area contributed by atoms with E-state index >= 15 is 0 Å². The maximum absolute atomic E-state index is 2.16. The molecule has 0 aliphatic carbocycles. The van der Waals surface area contributed by atoms with Gasteiger partial charge in [-0.15, -0.1) is 0 Å². The lowest BCUT2D eigenvalue weighted by molar-refractivity contribution is 1.45. The molecule has 0 bridgehead atoms. The summed E-state index contributed by atoms with van der Waals surface area (Å²) in [6.07, 6.45) is 10.4. The van der Waals surface area contributed by atoms with Gasteiger partial charge in [-0.2, -0.15) is 0 Å². The predicted molar refractivity (Wildman–Crippen MR) is 68.8 cm³/mol. The van der Waals surface area contributed by atoms with Crippen LogP contribution in [0.3, 0.4) is 0 Å². The van der Waals surface area contributed by atoms with E-state index in [9.17, 15) is 0 Å². The van der Waals surface area contributed by atoms with Gasteiger partial charge in [-0.05, 0) is 31.9 Å². The van der Waals surface area contributed by atoms with Gasteiger partial charge >= 0.3 is 0 Å². The first-order valence-electron chi connectivity index (χ1n) is 5.30. The third-order valence-corrected chi connectivity index (χ3v) is 2.20. The average molecular weight is 198 g/mol. The standard InChI is InChI=1S/C15H18/c1-4-6-8-14(7-5-2)15-11-9-13(3)10-12-15/h4-12H,1-3H3/b6-4-,7-5-,14-8+. The van der Waals surface area contributed by atoms with Gasteiger partial charge < -0.3 is 0 Å². The molecule has 0 radical (unpaired) electrons. The molecule has 0 aromatic heterocycles. The van der Waals surface area contributed by atoms with Crippen LogP contribution in [0.4, 0.5) is 0 Å². The molecule has 0 atom stereocenters. The molecule has 1 aromatic carbocycles. The van der Waals surface area contributed by atoms with Crippen molar-refractivity contribution in [3.8, 4) is 0 Å². The van der Waals surface area contributed by atoms with E-state index in [1.54, 1.807) is 0 Å². The van der Waals surface area contributed by atoms with Gasteiger partial charge in [0.2, 0.25) is 0 Å². The van der Waals surface area contributed by atoms with Gasteiger partial charge in [-0.1, -0.05) is 60.2 Å². The van der Waals surface area contributed by atoms with Gasteiger partial charge in [0, 0.05) is 0 Å². The van der Waals surface area contributed by atoms with Crippen LogP contribution in [0.15, 0.2) is 54.6 Å². The van der Waals surface area contributed by atoms with E-state index in [0.717, 1.165) is 0 Å².